The molecule has 0 bridgehead atoms. The molecule has 0 aromatic heterocycles. The van der Waals surface area contributed by atoms with Crippen molar-refractivity contribution in [3.63, 3.8) is 0 Å². The van der Waals surface area contributed by atoms with Gasteiger partial charge in [0.2, 0.25) is 6.29 Å². The second-order valence-corrected chi connectivity index (χ2v) is 18.8. The van der Waals surface area contributed by atoms with E-state index in [0.717, 1.165) is 108 Å². The standard InChI is InChI=1S/C66H74O18/c1-5-59(67)77-44-20-13-9-11-17-41-74-52-31-25-49(26-32-52)64(71)82-56-39-40-58(83-65(72)50-27-33-53(34-28-50)75-42-18-12-10-14-21-45-78-60(68)6-2)57(47-56)66(73)84-62(8-4)80-54-35-37-55(38-36-54)81-63(70)48-23-29-51(30-24-48)76-43-19-15-16-22-46-79-61(69)7-3/h5-7,23-40,47,62H,1-3,8-22,41-46H2,4H3. The topological polar surface area (TPSA) is 221 Å². The highest BCUT2D eigenvalue weighted by Gasteiger charge is 2.24. The van der Waals surface area contributed by atoms with Gasteiger partial charge in [-0.15, -0.1) is 0 Å². The van der Waals surface area contributed by atoms with E-state index in [0.29, 0.717) is 62.5 Å². The Hall–Kier alpha value is -9.19. The Kier molecular flexibility index (Phi) is 29.5. The van der Waals surface area contributed by atoms with E-state index in [2.05, 4.69) is 19.7 Å². The van der Waals surface area contributed by atoms with Gasteiger partial charge in [-0.3, -0.25) is 0 Å². The second kappa shape index (κ2) is 37.7. The van der Waals surface area contributed by atoms with Crippen LogP contribution in [0.3, 0.4) is 0 Å². The maximum atomic E-state index is 14.1. The van der Waals surface area contributed by atoms with Crippen molar-refractivity contribution in [2.24, 2.45) is 0 Å². The third-order valence-electron chi connectivity index (χ3n) is 12.4. The van der Waals surface area contributed by atoms with Crippen molar-refractivity contribution in [2.45, 2.75) is 110 Å². The van der Waals surface area contributed by atoms with Crippen LogP contribution in [-0.4, -0.2) is 87.7 Å². The normalized spacial score (nSPS) is 10.9. The lowest BCUT2D eigenvalue weighted by atomic mass is 10.1. The van der Waals surface area contributed by atoms with Gasteiger partial charge in [0.15, 0.2) is 0 Å². The van der Waals surface area contributed by atoms with Gasteiger partial charge in [-0.2, -0.15) is 0 Å². The summed E-state index contributed by atoms with van der Waals surface area (Å²) in [7, 11) is 0. The first-order valence-electron chi connectivity index (χ1n) is 28.2. The predicted molar refractivity (Wildman–Crippen MR) is 312 cm³/mol. The molecule has 5 aromatic rings. The average molecular weight is 1160 g/mol. The molecule has 0 N–H and O–H groups in total. The van der Waals surface area contributed by atoms with Crippen LogP contribution in [0.1, 0.15) is 145 Å². The Morgan fingerprint density at radius 3 is 1.07 bits per heavy atom. The van der Waals surface area contributed by atoms with Crippen molar-refractivity contribution in [1.29, 1.82) is 0 Å². The number of unbranched alkanes of at least 4 members (excludes halogenated alkanes) is 11. The van der Waals surface area contributed by atoms with Gasteiger partial charge in [-0.05, 0) is 167 Å². The molecule has 1 atom stereocenters. The van der Waals surface area contributed by atoms with Crippen molar-refractivity contribution in [2.75, 3.05) is 39.6 Å². The van der Waals surface area contributed by atoms with Crippen LogP contribution in [0.15, 0.2) is 153 Å². The number of hydrogen-bond donors (Lipinski definition) is 0. The number of hydrogen-bond acceptors (Lipinski definition) is 18. The van der Waals surface area contributed by atoms with Crippen molar-refractivity contribution < 1.29 is 85.7 Å². The third-order valence-corrected chi connectivity index (χ3v) is 12.4. The first kappa shape index (κ1) is 65.6. The molecule has 1 unspecified atom stereocenters. The van der Waals surface area contributed by atoms with Crippen LogP contribution in [0.5, 0.6) is 40.2 Å². The van der Waals surface area contributed by atoms with E-state index in [1.165, 1.54) is 42.5 Å². The van der Waals surface area contributed by atoms with Gasteiger partial charge in [-0.25, -0.2) is 33.6 Å². The Morgan fingerprint density at radius 2 is 0.690 bits per heavy atom. The smallest absolute Gasteiger partial charge is 0.345 e. The Balaban J connectivity index is 1.16. The molecule has 5 aromatic carbocycles. The molecular formula is C66H74O18. The van der Waals surface area contributed by atoms with Gasteiger partial charge in [0, 0.05) is 24.6 Å². The number of rotatable bonds is 40. The highest BCUT2D eigenvalue weighted by atomic mass is 16.7. The summed E-state index contributed by atoms with van der Waals surface area (Å²) >= 11 is 0. The summed E-state index contributed by atoms with van der Waals surface area (Å²) < 4.78 is 61.4. The molecule has 0 radical (unpaired) electrons. The fourth-order valence-electron chi connectivity index (χ4n) is 7.78. The van der Waals surface area contributed by atoms with Crippen molar-refractivity contribution in [3.05, 3.63) is 175 Å². The molecule has 0 aliphatic heterocycles. The SMILES string of the molecule is C=CC(=O)OCCCCCCCOc1ccc(C(=O)Oc2ccc(OC(=O)c3ccc(OCCCCCCCOC(=O)C=C)cc3)c(C(=O)OC(CC)Oc3ccc(OC(=O)c4ccc(OCCCCCCOC(=O)C=C)cc4)cc3)c2)cc1. The maximum Gasteiger partial charge on any atom is 0.345 e. The molecule has 0 heterocycles. The molecule has 0 amide bonds. The zero-order chi connectivity index (χ0) is 60.2. The van der Waals surface area contributed by atoms with E-state index in [4.69, 9.17) is 52.1 Å². The molecule has 0 saturated carbocycles. The van der Waals surface area contributed by atoms with E-state index in [9.17, 15) is 33.6 Å². The van der Waals surface area contributed by atoms with E-state index < -0.39 is 48.1 Å². The first-order valence-corrected chi connectivity index (χ1v) is 28.2. The fraction of sp³-hybridized carbons (Fsp3) is 0.348. The third kappa shape index (κ3) is 24.9. The summed E-state index contributed by atoms with van der Waals surface area (Å²) in [6.07, 6.45) is 14.5. The summed E-state index contributed by atoms with van der Waals surface area (Å²) in [5.74, 6) is -2.38. The highest BCUT2D eigenvalue weighted by Crippen LogP contribution is 2.29. The van der Waals surface area contributed by atoms with Crippen LogP contribution in [-0.2, 0) is 33.3 Å². The quantitative estimate of drug-likeness (QED) is 0.00888. The van der Waals surface area contributed by atoms with E-state index in [-0.39, 0.29) is 46.1 Å². The van der Waals surface area contributed by atoms with Gasteiger partial charge in [0.05, 0.1) is 56.3 Å². The molecule has 0 aliphatic carbocycles. The number of benzene rings is 5. The first-order chi connectivity index (χ1) is 40.9. The maximum absolute atomic E-state index is 14.1. The lowest BCUT2D eigenvalue weighted by Crippen LogP contribution is -2.24. The monoisotopic (exact) mass is 1150 g/mol. The van der Waals surface area contributed by atoms with E-state index >= 15 is 0 Å². The average Bonchev–Trinajstić information content (AvgIpc) is 3.64. The summed E-state index contributed by atoms with van der Waals surface area (Å²) in [4.78, 5) is 87.6. The summed E-state index contributed by atoms with van der Waals surface area (Å²) in [6, 6.07) is 29.4. The number of ether oxygens (including phenoxy) is 11. The van der Waals surface area contributed by atoms with Gasteiger partial charge < -0.3 is 52.1 Å². The minimum Gasteiger partial charge on any atom is -0.494 e. The largest absolute Gasteiger partial charge is 0.494 e. The summed E-state index contributed by atoms with van der Waals surface area (Å²) in [5.41, 5.74) is 0.428. The van der Waals surface area contributed by atoms with Crippen LogP contribution in [0, 0.1) is 0 Å². The molecule has 18 heteroatoms. The molecule has 18 nitrogen and oxygen atoms in total. The molecule has 84 heavy (non-hydrogen) atoms. The molecule has 446 valence electrons. The van der Waals surface area contributed by atoms with Gasteiger partial charge >= 0.3 is 41.8 Å². The summed E-state index contributed by atoms with van der Waals surface area (Å²) in [5, 5.41) is 0. The minimum atomic E-state index is -1.15. The zero-order valence-corrected chi connectivity index (χ0v) is 47.6. The van der Waals surface area contributed by atoms with Gasteiger partial charge in [0.25, 0.3) is 0 Å². The van der Waals surface area contributed by atoms with Crippen molar-refractivity contribution >= 4 is 41.8 Å². The van der Waals surface area contributed by atoms with E-state index in [1.807, 2.05) is 0 Å². The second-order valence-electron chi connectivity index (χ2n) is 18.8. The summed E-state index contributed by atoms with van der Waals surface area (Å²) in [6.45, 7) is 14.4. The zero-order valence-electron chi connectivity index (χ0n) is 47.6. The lowest BCUT2D eigenvalue weighted by Gasteiger charge is -2.19. The number of carbonyl (C=O) groups is 7. The number of esters is 7. The molecule has 0 saturated heterocycles. The Labute approximate surface area is 490 Å². The van der Waals surface area contributed by atoms with Crippen LogP contribution in [0.2, 0.25) is 0 Å². The highest BCUT2D eigenvalue weighted by molar-refractivity contribution is 5.97. The Bertz CT molecular complexity index is 2890. The predicted octanol–water partition coefficient (Wildman–Crippen LogP) is 13.1. The number of carbonyl (C=O) groups excluding carboxylic acids is 7. The molecule has 5 rings (SSSR count). The molecule has 0 spiro atoms. The molecule has 0 aliphatic rings. The van der Waals surface area contributed by atoms with Crippen molar-refractivity contribution in [3.8, 4) is 40.2 Å². The van der Waals surface area contributed by atoms with Crippen molar-refractivity contribution in [1.82, 2.24) is 0 Å². The van der Waals surface area contributed by atoms with Gasteiger partial charge in [-0.1, -0.05) is 65.2 Å². The van der Waals surface area contributed by atoms with Crippen LogP contribution in [0.4, 0.5) is 0 Å². The Morgan fingerprint density at radius 1 is 0.369 bits per heavy atom. The minimum absolute atomic E-state index is 0.0461. The molecular weight excluding hydrogens is 1080 g/mol. The van der Waals surface area contributed by atoms with Crippen LogP contribution < -0.4 is 33.2 Å². The van der Waals surface area contributed by atoms with Gasteiger partial charge in [0.1, 0.15) is 45.8 Å². The molecule has 0 fully saturated rings. The lowest BCUT2D eigenvalue weighted by molar-refractivity contribution is -0.138. The van der Waals surface area contributed by atoms with Crippen LogP contribution in [0.25, 0.3) is 0 Å². The fourth-order valence-corrected chi connectivity index (χ4v) is 7.78. The van der Waals surface area contributed by atoms with E-state index in [1.54, 1.807) is 79.7 Å². The van der Waals surface area contributed by atoms with Crippen LogP contribution >= 0.6 is 0 Å².